The maximum atomic E-state index is 13.6. The molecule has 7 nitrogen and oxygen atoms in total. The Hall–Kier alpha value is -2.29. The molecule has 0 aromatic heterocycles. The second kappa shape index (κ2) is 11.2. The first kappa shape index (κ1) is 28.9. The maximum absolute atomic E-state index is 13.6. The summed E-state index contributed by atoms with van der Waals surface area (Å²) in [6.45, 7) is 10.4. The lowest BCUT2D eigenvalue weighted by atomic mass is 10.1. The fourth-order valence-corrected chi connectivity index (χ4v) is 4.90. The van der Waals surface area contributed by atoms with Gasteiger partial charge in [0, 0.05) is 22.1 Å². The van der Waals surface area contributed by atoms with Gasteiger partial charge in [0.25, 0.3) is 0 Å². The standard InChI is InChI=1S/C25H33Cl2N3O4S/c1-16-10-17(2)12-21(11-16)30(35(7,33)34)15-23(31)29(18(3)24(32)28-25(4,5)6)14-19-8-9-20(26)13-22(19)27/h8-13,18H,14-15H2,1-7H3,(H,28,32). The van der Waals surface area contributed by atoms with Gasteiger partial charge in [-0.3, -0.25) is 13.9 Å². The smallest absolute Gasteiger partial charge is 0.244 e. The molecule has 0 aliphatic rings. The molecule has 10 heteroatoms. The summed E-state index contributed by atoms with van der Waals surface area (Å²) >= 11 is 12.4. The molecular weight excluding hydrogens is 509 g/mol. The zero-order chi connectivity index (χ0) is 26.7. The van der Waals surface area contributed by atoms with Gasteiger partial charge in [0.05, 0.1) is 11.9 Å². The van der Waals surface area contributed by atoms with Crippen LogP contribution in [0, 0.1) is 13.8 Å². The Balaban J connectivity index is 2.47. The fourth-order valence-electron chi connectivity index (χ4n) is 3.60. The summed E-state index contributed by atoms with van der Waals surface area (Å²) in [5.41, 5.74) is 2.18. The van der Waals surface area contributed by atoms with Crippen molar-refractivity contribution in [3.05, 3.63) is 63.1 Å². The van der Waals surface area contributed by atoms with E-state index in [0.717, 1.165) is 21.7 Å². The SMILES string of the molecule is Cc1cc(C)cc(N(CC(=O)N(Cc2ccc(Cl)cc2Cl)C(C)C(=O)NC(C)(C)C)S(C)(=O)=O)c1. The van der Waals surface area contributed by atoms with Crippen LogP contribution in [0.4, 0.5) is 5.69 Å². The van der Waals surface area contributed by atoms with E-state index in [-0.39, 0.29) is 12.5 Å². The van der Waals surface area contributed by atoms with E-state index in [1.54, 1.807) is 37.3 Å². The highest BCUT2D eigenvalue weighted by molar-refractivity contribution is 7.92. The molecule has 0 heterocycles. The number of amides is 2. The molecule has 2 amide bonds. The highest BCUT2D eigenvalue weighted by atomic mass is 35.5. The van der Waals surface area contributed by atoms with Crippen molar-refractivity contribution >= 4 is 50.7 Å². The van der Waals surface area contributed by atoms with E-state index in [1.807, 2.05) is 40.7 Å². The molecule has 192 valence electrons. The highest BCUT2D eigenvalue weighted by Gasteiger charge is 2.31. The molecule has 0 saturated carbocycles. The van der Waals surface area contributed by atoms with Crippen molar-refractivity contribution in [1.29, 1.82) is 0 Å². The quantitative estimate of drug-likeness (QED) is 0.524. The first-order chi connectivity index (χ1) is 16.0. The molecule has 35 heavy (non-hydrogen) atoms. The van der Waals surface area contributed by atoms with Crippen molar-refractivity contribution in [2.24, 2.45) is 0 Å². The van der Waals surface area contributed by atoms with Crippen molar-refractivity contribution in [3.8, 4) is 0 Å². The van der Waals surface area contributed by atoms with Crippen LogP contribution >= 0.6 is 23.2 Å². The van der Waals surface area contributed by atoms with E-state index in [2.05, 4.69) is 5.32 Å². The zero-order valence-electron chi connectivity index (χ0n) is 21.1. The third kappa shape index (κ3) is 8.40. The number of benzene rings is 2. The third-order valence-corrected chi connectivity index (χ3v) is 6.92. The Bertz CT molecular complexity index is 1190. The van der Waals surface area contributed by atoms with E-state index in [1.165, 1.54) is 4.90 Å². The molecule has 1 unspecified atom stereocenters. The molecule has 1 atom stereocenters. The Kier molecular flexibility index (Phi) is 9.25. The number of hydrogen-bond donors (Lipinski definition) is 1. The molecule has 0 bridgehead atoms. The van der Waals surface area contributed by atoms with Crippen molar-refractivity contribution in [1.82, 2.24) is 10.2 Å². The maximum Gasteiger partial charge on any atom is 0.244 e. The van der Waals surface area contributed by atoms with Crippen LogP contribution in [-0.4, -0.2) is 49.5 Å². The van der Waals surface area contributed by atoms with E-state index < -0.39 is 34.1 Å². The third-order valence-electron chi connectivity index (χ3n) is 5.19. The number of sulfonamides is 1. The molecular formula is C25H33Cl2N3O4S. The highest BCUT2D eigenvalue weighted by Crippen LogP contribution is 2.25. The first-order valence-electron chi connectivity index (χ1n) is 11.1. The number of hydrogen-bond acceptors (Lipinski definition) is 4. The van der Waals surface area contributed by atoms with Crippen LogP contribution in [0.1, 0.15) is 44.4 Å². The second-order valence-electron chi connectivity index (χ2n) is 9.79. The Morgan fingerprint density at radius 2 is 1.60 bits per heavy atom. The lowest BCUT2D eigenvalue weighted by Gasteiger charge is -2.33. The van der Waals surface area contributed by atoms with Gasteiger partial charge < -0.3 is 10.2 Å². The summed E-state index contributed by atoms with van der Waals surface area (Å²) in [7, 11) is -3.80. The number of anilines is 1. The molecule has 0 radical (unpaired) electrons. The van der Waals surface area contributed by atoms with Crippen molar-refractivity contribution in [2.75, 3.05) is 17.1 Å². The number of nitrogens with zero attached hydrogens (tertiary/aromatic N) is 2. The normalized spacial score (nSPS) is 12.7. The minimum absolute atomic E-state index is 0.00197. The van der Waals surface area contributed by atoms with Crippen LogP contribution in [-0.2, 0) is 26.2 Å². The van der Waals surface area contributed by atoms with Crippen LogP contribution in [0.2, 0.25) is 10.0 Å². The van der Waals surface area contributed by atoms with Gasteiger partial charge in [-0.15, -0.1) is 0 Å². The Morgan fingerprint density at radius 3 is 2.09 bits per heavy atom. The van der Waals surface area contributed by atoms with E-state index in [9.17, 15) is 18.0 Å². The molecule has 0 aliphatic heterocycles. The van der Waals surface area contributed by atoms with Gasteiger partial charge in [0.2, 0.25) is 21.8 Å². The van der Waals surface area contributed by atoms with E-state index >= 15 is 0 Å². The molecule has 0 spiro atoms. The number of nitrogens with one attached hydrogen (secondary N) is 1. The molecule has 2 aromatic rings. The van der Waals surface area contributed by atoms with Gasteiger partial charge in [-0.05, 0) is 82.5 Å². The molecule has 2 aromatic carbocycles. The van der Waals surface area contributed by atoms with Gasteiger partial charge in [-0.1, -0.05) is 35.3 Å². The monoisotopic (exact) mass is 541 g/mol. The van der Waals surface area contributed by atoms with Gasteiger partial charge >= 0.3 is 0 Å². The van der Waals surface area contributed by atoms with Crippen LogP contribution in [0.25, 0.3) is 0 Å². The van der Waals surface area contributed by atoms with Crippen LogP contribution < -0.4 is 9.62 Å². The molecule has 2 rings (SSSR count). The summed E-state index contributed by atoms with van der Waals surface area (Å²) in [6, 6.07) is 9.31. The summed E-state index contributed by atoms with van der Waals surface area (Å²) < 4.78 is 26.4. The number of aryl methyl sites for hydroxylation is 2. The lowest BCUT2D eigenvalue weighted by molar-refractivity contribution is -0.140. The topological polar surface area (TPSA) is 86.8 Å². The number of carbonyl (C=O) groups is 2. The number of rotatable bonds is 8. The second-order valence-corrected chi connectivity index (χ2v) is 12.5. The van der Waals surface area contributed by atoms with Crippen LogP contribution in [0.3, 0.4) is 0 Å². The van der Waals surface area contributed by atoms with Gasteiger partial charge in [-0.25, -0.2) is 8.42 Å². The van der Waals surface area contributed by atoms with Gasteiger partial charge in [0.1, 0.15) is 12.6 Å². The predicted octanol–water partition coefficient (Wildman–Crippen LogP) is 4.71. The lowest BCUT2D eigenvalue weighted by Crippen LogP contribution is -2.54. The van der Waals surface area contributed by atoms with Crippen molar-refractivity contribution < 1.29 is 18.0 Å². The summed E-state index contributed by atoms with van der Waals surface area (Å²) in [5, 5.41) is 3.65. The van der Waals surface area contributed by atoms with E-state index in [4.69, 9.17) is 23.2 Å². The molecule has 0 saturated heterocycles. The minimum atomic E-state index is -3.80. The average Bonchev–Trinajstić information content (AvgIpc) is 2.67. The Labute approximate surface area is 218 Å². The molecule has 0 aliphatic carbocycles. The Morgan fingerprint density at radius 1 is 1.03 bits per heavy atom. The zero-order valence-corrected chi connectivity index (χ0v) is 23.5. The predicted molar refractivity (Wildman–Crippen MR) is 142 cm³/mol. The minimum Gasteiger partial charge on any atom is -0.350 e. The van der Waals surface area contributed by atoms with Gasteiger partial charge in [-0.2, -0.15) is 0 Å². The average molecular weight is 543 g/mol. The van der Waals surface area contributed by atoms with Crippen LogP contribution in [0.5, 0.6) is 0 Å². The first-order valence-corrected chi connectivity index (χ1v) is 13.7. The summed E-state index contributed by atoms with van der Waals surface area (Å²) in [6.07, 6.45) is 1.05. The molecule has 0 fully saturated rings. The molecule has 1 N–H and O–H groups in total. The fraction of sp³-hybridized carbons (Fsp3) is 0.440. The summed E-state index contributed by atoms with van der Waals surface area (Å²) in [4.78, 5) is 27.9. The van der Waals surface area contributed by atoms with Crippen LogP contribution in [0.15, 0.2) is 36.4 Å². The van der Waals surface area contributed by atoms with Gasteiger partial charge in [0.15, 0.2) is 0 Å². The van der Waals surface area contributed by atoms with Crippen molar-refractivity contribution in [3.63, 3.8) is 0 Å². The summed E-state index contributed by atoms with van der Waals surface area (Å²) in [5.74, 6) is -0.912. The number of halogens is 2. The number of carbonyl (C=O) groups excluding carboxylic acids is 2. The largest absolute Gasteiger partial charge is 0.350 e. The van der Waals surface area contributed by atoms with E-state index in [0.29, 0.717) is 21.3 Å². The van der Waals surface area contributed by atoms with Crippen molar-refractivity contribution in [2.45, 2.75) is 59.7 Å².